The van der Waals surface area contributed by atoms with Crippen LogP contribution in [0.3, 0.4) is 0 Å². The number of nitrogens with zero attached hydrogens (tertiary/aromatic N) is 4. The number of hydrogen-bond acceptors (Lipinski definition) is 6. The largest absolute Gasteiger partial charge is 0.473 e. The van der Waals surface area contributed by atoms with Crippen LogP contribution >= 0.6 is 0 Å². The van der Waals surface area contributed by atoms with E-state index in [9.17, 15) is 9.59 Å². The molecule has 0 spiro atoms. The van der Waals surface area contributed by atoms with Gasteiger partial charge in [0, 0.05) is 31.0 Å². The Hall–Kier alpha value is -3.01. The van der Waals surface area contributed by atoms with Gasteiger partial charge in [-0.2, -0.15) is 0 Å². The zero-order valence-corrected chi connectivity index (χ0v) is 16.6. The number of carboxylic acid groups (broad SMARTS) is 2. The van der Waals surface area contributed by atoms with Crippen molar-refractivity contribution >= 4 is 23.9 Å². The molecule has 1 saturated carbocycles. The predicted molar refractivity (Wildman–Crippen MR) is 97.4 cm³/mol. The second-order valence-corrected chi connectivity index (χ2v) is 7.38. The molecular formula is C16H27N5O7. The summed E-state index contributed by atoms with van der Waals surface area (Å²) >= 11 is 0. The zero-order chi connectivity index (χ0) is 22.1. The monoisotopic (exact) mass is 401 g/mol. The number of carboxylic acids is 2. The number of nitrogens with one attached hydrogen (secondary N) is 1. The molecule has 1 aliphatic carbocycles. The standard InChI is InChI=1S/C14H25N5O3.C2H2O4/c1-14(2,3)22-13(21)16-11-8-9(12(20)19(4)5)6-7-10(11)17-18-15;3-1(4)2(5)6/h9-11H,6-8H2,1-5H3,(H,16,21);(H,3,4)(H,5,6). The first-order chi connectivity index (χ1) is 12.8. The first kappa shape index (κ1) is 25.0. The van der Waals surface area contributed by atoms with Gasteiger partial charge in [0.15, 0.2) is 0 Å². The minimum Gasteiger partial charge on any atom is -0.473 e. The summed E-state index contributed by atoms with van der Waals surface area (Å²) in [5.41, 5.74) is 8.05. The number of carbonyl (C=O) groups excluding carboxylic acids is 2. The SMILES string of the molecule is CN(C)C(=O)C1CCC(N=[N+]=[N-])C(NC(=O)OC(C)(C)C)C1.O=C(O)C(=O)O. The lowest BCUT2D eigenvalue weighted by atomic mass is 9.82. The van der Waals surface area contributed by atoms with E-state index in [-0.39, 0.29) is 17.9 Å². The maximum absolute atomic E-state index is 12.1. The molecule has 0 heterocycles. The maximum Gasteiger partial charge on any atom is 0.414 e. The molecule has 0 aliphatic heterocycles. The molecule has 12 nitrogen and oxygen atoms in total. The third-order valence-electron chi connectivity index (χ3n) is 3.69. The second kappa shape index (κ2) is 11.0. The number of azide groups is 1. The number of ether oxygens (including phenoxy) is 1. The number of hydrogen-bond donors (Lipinski definition) is 3. The van der Waals surface area contributed by atoms with Gasteiger partial charge in [-0.25, -0.2) is 14.4 Å². The van der Waals surface area contributed by atoms with Crippen LogP contribution in [0.2, 0.25) is 0 Å². The van der Waals surface area contributed by atoms with Crippen molar-refractivity contribution in [3.05, 3.63) is 10.4 Å². The molecule has 3 N–H and O–H groups in total. The van der Waals surface area contributed by atoms with Gasteiger partial charge in [0.2, 0.25) is 5.91 Å². The summed E-state index contributed by atoms with van der Waals surface area (Å²) in [4.78, 5) is 46.6. The van der Waals surface area contributed by atoms with Crippen LogP contribution in [0.5, 0.6) is 0 Å². The fraction of sp³-hybridized carbons (Fsp3) is 0.750. The lowest BCUT2D eigenvalue weighted by Crippen LogP contribution is -2.49. The summed E-state index contributed by atoms with van der Waals surface area (Å²) in [5.74, 6) is -3.81. The van der Waals surface area contributed by atoms with Crippen LogP contribution in [0.4, 0.5) is 4.79 Å². The van der Waals surface area contributed by atoms with Crippen LogP contribution in [0.1, 0.15) is 40.0 Å². The summed E-state index contributed by atoms with van der Waals surface area (Å²) in [6.45, 7) is 5.32. The van der Waals surface area contributed by atoms with Crippen LogP contribution in [0, 0.1) is 5.92 Å². The van der Waals surface area contributed by atoms with Crippen molar-refractivity contribution in [2.45, 2.75) is 57.7 Å². The smallest absolute Gasteiger partial charge is 0.414 e. The molecule has 2 amide bonds. The molecule has 0 aromatic carbocycles. The molecule has 158 valence electrons. The highest BCUT2D eigenvalue weighted by molar-refractivity contribution is 6.27. The van der Waals surface area contributed by atoms with E-state index < -0.39 is 29.7 Å². The molecule has 1 rings (SSSR count). The third kappa shape index (κ3) is 9.62. The van der Waals surface area contributed by atoms with Gasteiger partial charge in [-0.1, -0.05) is 5.11 Å². The lowest BCUT2D eigenvalue weighted by Gasteiger charge is -2.35. The Bertz CT molecular complexity index is 626. The summed E-state index contributed by atoms with van der Waals surface area (Å²) in [6.07, 6.45) is 1.09. The maximum atomic E-state index is 12.1. The Labute approximate surface area is 162 Å². The minimum absolute atomic E-state index is 0.0235. The number of alkyl carbamates (subject to hydrolysis) is 1. The van der Waals surface area contributed by atoms with Gasteiger partial charge in [0.25, 0.3) is 0 Å². The summed E-state index contributed by atoms with van der Waals surface area (Å²) < 4.78 is 5.23. The van der Waals surface area contributed by atoms with Gasteiger partial charge in [-0.15, -0.1) is 0 Å². The van der Waals surface area contributed by atoms with Crippen LogP contribution in [0.15, 0.2) is 5.11 Å². The summed E-state index contributed by atoms with van der Waals surface area (Å²) in [6, 6.07) is -0.753. The van der Waals surface area contributed by atoms with Crippen molar-refractivity contribution in [1.82, 2.24) is 10.2 Å². The molecule has 28 heavy (non-hydrogen) atoms. The predicted octanol–water partition coefficient (Wildman–Crippen LogP) is 1.60. The first-order valence-corrected chi connectivity index (χ1v) is 8.49. The van der Waals surface area contributed by atoms with E-state index in [2.05, 4.69) is 15.3 Å². The Balaban J connectivity index is 0.00000105. The van der Waals surface area contributed by atoms with Crippen molar-refractivity contribution in [3.63, 3.8) is 0 Å². The lowest BCUT2D eigenvalue weighted by molar-refractivity contribution is -0.159. The van der Waals surface area contributed by atoms with E-state index in [1.165, 1.54) is 0 Å². The van der Waals surface area contributed by atoms with Crippen molar-refractivity contribution in [2.75, 3.05) is 14.1 Å². The van der Waals surface area contributed by atoms with Crippen molar-refractivity contribution < 1.29 is 34.1 Å². The topological polar surface area (TPSA) is 182 Å². The fourth-order valence-electron chi connectivity index (χ4n) is 2.56. The fourth-order valence-corrected chi connectivity index (χ4v) is 2.56. The normalized spacial score (nSPS) is 21.1. The first-order valence-electron chi connectivity index (χ1n) is 8.49. The van der Waals surface area contributed by atoms with Crippen LogP contribution in [0.25, 0.3) is 10.4 Å². The second-order valence-electron chi connectivity index (χ2n) is 7.38. The average Bonchev–Trinajstić information content (AvgIpc) is 2.54. The van der Waals surface area contributed by atoms with Gasteiger partial charge in [0.05, 0.1) is 6.04 Å². The molecule has 0 aromatic rings. The number of carbonyl (C=O) groups is 4. The average molecular weight is 401 g/mol. The number of amides is 2. The molecule has 1 aliphatic rings. The highest BCUT2D eigenvalue weighted by Gasteiger charge is 2.35. The Morgan fingerprint density at radius 2 is 1.68 bits per heavy atom. The zero-order valence-electron chi connectivity index (χ0n) is 16.6. The van der Waals surface area contributed by atoms with Gasteiger partial charge in [-0.3, -0.25) is 4.79 Å². The molecule has 0 saturated heterocycles. The minimum atomic E-state index is -1.82. The molecular weight excluding hydrogens is 374 g/mol. The number of aliphatic carboxylic acids is 2. The molecule has 0 bridgehead atoms. The van der Waals surface area contributed by atoms with Crippen LogP contribution in [-0.2, 0) is 19.1 Å². The summed E-state index contributed by atoms with van der Waals surface area (Å²) in [5, 5.41) is 21.3. The Morgan fingerprint density at radius 3 is 2.07 bits per heavy atom. The molecule has 3 unspecified atom stereocenters. The highest BCUT2D eigenvalue weighted by atomic mass is 16.6. The Kier molecular flexibility index (Phi) is 9.80. The molecule has 0 aromatic heterocycles. The van der Waals surface area contributed by atoms with E-state index >= 15 is 0 Å². The van der Waals surface area contributed by atoms with Crippen molar-refractivity contribution in [1.29, 1.82) is 0 Å². The van der Waals surface area contributed by atoms with E-state index in [4.69, 9.17) is 30.1 Å². The van der Waals surface area contributed by atoms with Gasteiger partial charge < -0.3 is 25.2 Å². The molecule has 1 fully saturated rings. The highest BCUT2D eigenvalue weighted by Crippen LogP contribution is 2.28. The van der Waals surface area contributed by atoms with Crippen LogP contribution in [-0.4, -0.2) is 70.8 Å². The van der Waals surface area contributed by atoms with Gasteiger partial charge in [0.1, 0.15) is 5.60 Å². The van der Waals surface area contributed by atoms with Gasteiger partial charge in [-0.05, 0) is 45.6 Å². The molecule has 12 heteroatoms. The van der Waals surface area contributed by atoms with E-state index in [0.717, 1.165) is 0 Å². The molecule has 3 atom stereocenters. The van der Waals surface area contributed by atoms with E-state index in [1.54, 1.807) is 39.8 Å². The van der Waals surface area contributed by atoms with Crippen LogP contribution < -0.4 is 5.32 Å². The quantitative estimate of drug-likeness (QED) is 0.277. The summed E-state index contributed by atoms with van der Waals surface area (Å²) in [7, 11) is 3.41. The van der Waals surface area contributed by atoms with Crippen molar-refractivity contribution in [2.24, 2.45) is 11.0 Å². The number of rotatable bonds is 3. The van der Waals surface area contributed by atoms with Gasteiger partial charge >= 0.3 is 18.0 Å². The Morgan fingerprint density at radius 1 is 1.14 bits per heavy atom. The van der Waals surface area contributed by atoms with E-state index in [0.29, 0.717) is 19.3 Å². The van der Waals surface area contributed by atoms with Crippen molar-refractivity contribution in [3.8, 4) is 0 Å². The molecule has 0 radical (unpaired) electrons. The van der Waals surface area contributed by atoms with E-state index in [1.807, 2.05) is 0 Å². The third-order valence-corrected chi connectivity index (χ3v) is 3.69.